The zero-order chi connectivity index (χ0) is 16.4. The van der Waals surface area contributed by atoms with Crippen molar-refractivity contribution in [3.63, 3.8) is 0 Å². The number of morpholine rings is 1. The molecular weight excluding hydrogens is 382 g/mol. The molecule has 0 aromatic heterocycles. The van der Waals surface area contributed by atoms with Crippen LogP contribution in [0.25, 0.3) is 0 Å². The number of carbonyl (C=O) groups excluding carboxylic acids is 1. The molecule has 2 saturated heterocycles. The SMILES string of the molecule is Cl.Cl.O=C(Nc1cc(F)cc(N2CCOCC2)c1)C1CC(F)(F)CN1. The van der Waals surface area contributed by atoms with E-state index in [0.717, 1.165) is 0 Å². The van der Waals surface area contributed by atoms with Gasteiger partial charge in [-0.15, -0.1) is 24.8 Å². The Morgan fingerprint density at radius 3 is 2.52 bits per heavy atom. The van der Waals surface area contributed by atoms with E-state index in [4.69, 9.17) is 4.74 Å². The molecule has 25 heavy (non-hydrogen) atoms. The molecular formula is C15H20Cl2F3N3O2. The Hall–Kier alpha value is -1.22. The summed E-state index contributed by atoms with van der Waals surface area (Å²) < 4.78 is 45.3. The molecule has 2 aliphatic rings. The monoisotopic (exact) mass is 401 g/mol. The number of hydrogen-bond donors (Lipinski definition) is 2. The lowest BCUT2D eigenvalue weighted by Crippen LogP contribution is -2.37. The van der Waals surface area contributed by atoms with Gasteiger partial charge in [0.2, 0.25) is 5.91 Å². The van der Waals surface area contributed by atoms with Crippen LogP contribution in [-0.4, -0.2) is 50.7 Å². The van der Waals surface area contributed by atoms with Gasteiger partial charge < -0.3 is 15.0 Å². The van der Waals surface area contributed by atoms with E-state index in [2.05, 4.69) is 10.6 Å². The minimum atomic E-state index is -2.89. The third-order valence-corrected chi connectivity index (χ3v) is 3.95. The molecule has 0 radical (unpaired) electrons. The minimum Gasteiger partial charge on any atom is -0.378 e. The van der Waals surface area contributed by atoms with Crippen LogP contribution >= 0.6 is 24.8 Å². The Morgan fingerprint density at radius 2 is 1.92 bits per heavy atom. The molecule has 1 aromatic carbocycles. The Kier molecular flexibility index (Phi) is 7.80. The van der Waals surface area contributed by atoms with E-state index in [1.54, 1.807) is 6.07 Å². The van der Waals surface area contributed by atoms with Gasteiger partial charge in [-0.1, -0.05) is 0 Å². The third-order valence-electron chi connectivity index (χ3n) is 3.95. The number of anilines is 2. The highest BCUT2D eigenvalue weighted by Gasteiger charge is 2.42. The fourth-order valence-corrected chi connectivity index (χ4v) is 2.78. The maximum absolute atomic E-state index is 13.8. The van der Waals surface area contributed by atoms with Gasteiger partial charge in [0.1, 0.15) is 5.82 Å². The average molecular weight is 402 g/mol. The molecule has 2 N–H and O–H groups in total. The van der Waals surface area contributed by atoms with E-state index in [0.29, 0.717) is 32.0 Å². The second-order valence-electron chi connectivity index (χ2n) is 5.78. The van der Waals surface area contributed by atoms with Crippen LogP contribution in [0.1, 0.15) is 6.42 Å². The lowest BCUT2D eigenvalue weighted by Gasteiger charge is -2.29. The van der Waals surface area contributed by atoms with Crippen molar-refractivity contribution in [1.29, 1.82) is 0 Å². The van der Waals surface area contributed by atoms with E-state index in [1.165, 1.54) is 12.1 Å². The first-order valence-corrected chi connectivity index (χ1v) is 7.48. The topological polar surface area (TPSA) is 53.6 Å². The number of nitrogens with one attached hydrogen (secondary N) is 2. The lowest BCUT2D eigenvalue weighted by atomic mass is 10.1. The van der Waals surface area contributed by atoms with Crippen LogP contribution in [0.4, 0.5) is 24.5 Å². The number of rotatable bonds is 3. The average Bonchev–Trinajstić information content (AvgIpc) is 2.88. The van der Waals surface area contributed by atoms with Crippen LogP contribution in [0.3, 0.4) is 0 Å². The van der Waals surface area contributed by atoms with Gasteiger partial charge >= 0.3 is 0 Å². The summed E-state index contributed by atoms with van der Waals surface area (Å²) in [6.45, 7) is 1.85. The number of amides is 1. The molecule has 1 aromatic rings. The Morgan fingerprint density at radius 1 is 1.24 bits per heavy atom. The van der Waals surface area contributed by atoms with Crippen molar-refractivity contribution in [1.82, 2.24) is 5.32 Å². The first-order chi connectivity index (χ1) is 10.9. The number of ether oxygens (including phenoxy) is 1. The van der Waals surface area contributed by atoms with E-state index < -0.39 is 36.7 Å². The summed E-state index contributed by atoms with van der Waals surface area (Å²) in [6, 6.07) is 3.22. The number of nitrogens with zero attached hydrogens (tertiary/aromatic N) is 1. The maximum atomic E-state index is 13.8. The van der Waals surface area contributed by atoms with Crippen LogP contribution in [0, 0.1) is 5.82 Å². The molecule has 10 heteroatoms. The lowest BCUT2D eigenvalue weighted by molar-refractivity contribution is -0.118. The Bertz CT molecular complexity index is 601. The predicted molar refractivity (Wildman–Crippen MR) is 93.9 cm³/mol. The molecule has 0 saturated carbocycles. The predicted octanol–water partition coefficient (Wildman–Crippen LogP) is 2.44. The highest BCUT2D eigenvalue weighted by atomic mass is 35.5. The van der Waals surface area contributed by atoms with E-state index in [1.807, 2.05) is 4.90 Å². The summed E-state index contributed by atoms with van der Waals surface area (Å²) in [6.07, 6.45) is -0.551. The molecule has 2 heterocycles. The van der Waals surface area contributed by atoms with Gasteiger partial charge in [-0.25, -0.2) is 13.2 Å². The standard InChI is InChI=1S/C15H18F3N3O2.2ClH/c16-10-5-11(7-12(6-10)21-1-3-23-4-2-21)20-14(22)13-8-15(17,18)9-19-13;;/h5-7,13,19H,1-4,8-9H2,(H,20,22);2*1H. The van der Waals surface area contributed by atoms with Crippen molar-refractivity contribution in [2.24, 2.45) is 0 Å². The minimum absolute atomic E-state index is 0. The van der Waals surface area contributed by atoms with Gasteiger partial charge in [-0.05, 0) is 18.2 Å². The summed E-state index contributed by atoms with van der Waals surface area (Å²) in [4.78, 5) is 14.0. The summed E-state index contributed by atoms with van der Waals surface area (Å²) in [5.74, 6) is -3.96. The summed E-state index contributed by atoms with van der Waals surface area (Å²) >= 11 is 0. The summed E-state index contributed by atoms with van der Waals surface area (Å²) in [7, 11) is 0. The van der Waals surface area contributed by atoms with Crippen molar-refractivity contribution in [3.05, 3.63) is 24.0 Å². The zero-order valence-corrected chi connectivity index (χ0v) is 14.9. The van der Waals surface area contributed by atoms with Gasteiger partial charge in [0, 0.05) is 30.9 Å². The molecule has 0 spiro atoms. The number of hydrogen-bond acceptors (Lipinski definition) is 4. The van der Waals surface area contributed by atoms with Crippen molar-refractivity contribution >= 4 is 42.1 Å². The fourth-order valence-electron chi connectivity index (χ4n) is 2.78. The summed E-state index contributed by atoms with van der Waals surface area (Å²) in [5, 5.41) is 4.99. The van der Waals surface area contributed by atoms with Gasteiger partial charge in [0.05, 0.1) is 25.8 Å². The zero-order valence-electron chi connectivity index (χ0n) is 13.3. The van der Waals surface area contributed by atoms with Crippen LogP contribution < -0.4 is 15.5 Å². The molecule has 0 bridgehead atoms. The van der Waals surface area contributed by atoms with Gasteiger partial charge in [0.25, 0.3) is 5.92 Å². The maximum Gasteiger partial charge on any atom is 0.262 e. The largest absolute Gasteiger partial charge is 0.378 e. The third kappa shape index (κ3) is 5.64. The van der Waals surface area contributed by atoms with Crippen molar-refractivity contribution in [2.45, 2.75) is 18.4 Å². The quantitative estimate of drug-likeness (QED) is 0.816. The van der Waals surface area contributed by atoms with Gasteiger partial charge in [-0.2, -0.15) is 0 Å². The van der Waals surface area contributed by atoms with Crippen molar-refractivity contribution in [3.8, 4) is 0 Å². The molecule has 1 amide bonds. The van der Waals surface area contributed by atoms with Gasteiger partial charge in [0.15, 0.2) is 0 Å². The molecule has 3 rings (SSSR count). The molecule has 0 aliphatic carbocycles. The van der Waals surface area contributed by atoms with Crippen LogP contribution in [0.5, 0.6) is 0 Å². The summed E-state index contributed by atoms with van der Waals surface area (Å²) in [5.41, 5.74) is 0.891. The molecule has 1 atom stereocenters. The second-order valence-corrected chi connectivity index (χ2v) is 5.78. The van der Waals surface area contributed by atoms with E-state index in [-0.39, 0.29) is 30.5 Å². The molecule has 5 nitrogen and oxygen atoms in total. The second kappa shape index (κ2) is 8.93. The molecule has 142 valence electrons. The van der Waals surface area contributed by atoms with Crippen LogP contribution in [0.15, 0.2) is 18.2 Å². The smallest absolute Gasteiger partial charge is 0.262 e. The highest BCUT2D eigenvalue weighted by Crippen LogP contribution is 2.27. The molecule has 1 unspecified atom stereocenters. The Balaban J connectivity index is 0.00000156. The van der Waals surface area contributed by atoms with Crippen LogP contribution in [0.2, 0.25) is 0 Å². The number of alkyl halides is 2. The number of benzene rings is 1. The number of halogens is 5. The van der Waals surface area contributed by atoms with Crippen molar-refractivity contribution in [2.75, 3.05) is 43.1 Å². The molecule has 2 fully saturated rings. The van der Waals surface area contributed by atoms with E-state index in [9.17, 15) is 18.0 Å². The van der Waals surface area contributed by atoms with E-state index >= 15 is 0 Å². The first kappa shape index (κ1) is 21.8. The number of carbonyl (C=O) groups is 1. The fraction of sp³-hybridized carbons (Fsp3) is 0.533. The molecule has 2 aliphatic heterocycles. The Labute approximate surface area is 156 Å². The first-order valence-electron chi connectivity index (χ1n) is 7.48. The van der Waals surface area contributed by atoms with Crippen LogP contribution in [-0.2, 0) is 9.53 Å². The van der Waals surface area contributed by atoms with Crippen molar-refractivity contribution < 1.29 is 22.7 Å². The van der Waals surface area contributed by atoms with Gasteiger partial charge in [-0.3, -0.25) is 10.1 Å². The highest BCUT2D eigenvalue weighted by molar-refractivity contribution is 5.95. The normalized spacial score (nSPS) is 21.9.